The van der Waals surface area contributed by atoms with E-state index in [-0.39, 0.29) is 30.6 Å². The summed E-state index contributed by atoms with van der Waals surface area (Å²) in [5.74, 6) is -3.03. The first-order valence-corrected chi connectivity index (χ1v) is 14.1. The van der Waals surface area contributed by atoms with Crippen LogP contribution >= 0.6 is 23.2 Å². The first-order valence-electron chi connectivity index (χ1n) is 11.1. The number of carbonyl (C=O) groups is 3. The number of carbonyl (C=O) groups excluding carboxylic acids is 2. The standard InChI is InChI=1S/C24H29Cl2N3O7S/c1-37(34,35)24(20(27)30,29(14-12-25)15-13-26)17-23(21(31)32,16-18-8-4-2-5-9-18)28-22(33)36-19-10-6-3-7-11-19/h2-11H,12-17H2,1H3,(H2,27,30)(H,28,33)(H,31,32)/t23-,24?/m0/s1. The summed E-state index contributed by atoms with van der Waals surface area (Å²) < 4.78 is 31.7. The van der Waals surface area contributed by atoms with Crippen molar-refractivity contribution < 1.29 is 32.6 Å². The van der Waals surface area contributed by atoms with E-state index in [2.05, 4.69) is 5.32 Å². The van der Waals surface area contributed by atoms with Gasteiger partial charge in [-0.3, -0.25) is 9.69 Å². The number of aliphatic carboxylic acids is 1. The Morgan fingerprint density at radius 3 is 1.95 bits per heavy atom. The fourth-order valence-electron chi connectivity index (χ4n) is 4.11. The maximum atomic E-state index is 13.2. The van der Waals surface area contributed by atoms with Gasteiger partial charge in [0.15, 0.2) is 9.84 Å². The molecule has 0 saturated carbocycles. The molecule has 0 spiro atoms. The molecule has 0 bridgehead atoms. The van der Waals surface area contributed by atoms with E-state index >= 15 is 0 Å². The molecule has 13 heteroatoms. The number of rotatable bonds is 14. The topological polar surface area (TPSA) is 156 Å². The fourth-order valence-corrected chi connectivity index (χ4v) is 6.04. The third-order valence-corrected chi connectivity index (χ3v) is 7.98. The molecule has 0 fully saturated rings. The van der Waals surface area contributed by atoms with E-state index in [0.717, 1.165) is 11.2 Å². The number of nitrogens with zero attached hydrogens (tertiary/aromatic N) is 1. The van der Waals surface area contributed by atoms with Crippen molar-refractivity contribution in [1.82, 2.24) is 10.2 Å². The Morgan fingerprint density at radius 2 is 1.51 bits per heavy atom. The molecule has 4 N–H and O–H groups in total. The van der Waals surface area contributed by atoms with Crippen LogP contribution < -0.4 is 15.8 Å². The summed E-state index contributed by atoms with van der Waals surface area (Å²) in [4.78, 5) is 37.3. The molecule has 0 heterocycles. The Labute approximate surface area is 225 Å². The van der Waals surface area contributed by atoms with Gasteiger partial charge in [0.1, 0.15) is 11.3 Å². The molecule has 0 radical (unpaired) electrons. The minimum Gasteiger partial charge on any atom is -0.479 e. The first-order chi connectivity index (χ1) is 17.4. The number of nitrogens with two attached hydrogens (primary N) is 1. The van der Waals surface area contributed by atoms with Crippen molar-refractivity contribution in [2.75, 3.05) is 31.1 Å². The van der Waals surface area contributed by atoms with Crippen LogP contribution in [0.1, 0.15) is 12.0 Å². The highest BCUT2D eigenvalue weighted by Gasteiger charge is 2.59. The minimum absolute atomic E-state index is 0.107. The van der Waals surface area contributed by atoms with Gasteiger partial charge >= 0.3 is 12.1 Å². The van der Waals surface area contributed by atoms with E-state index < -0.39 is 51.1 Å². The molecule has 10 nitrogen and oxygen atoms in total. The summed E-state index contributed by atoms with van der Waals surface area (Å²) >= 11 is 11.8. The second-order valence-electron chi connectivity index (χ2n) is 8.34. The van der Waals surface area contributed by atoms with Crippen LogP contribution in [0.5, 0.6) is 5.75 Å². The number of carboxylic acid groups (broad SMARTS) is 1. The number of ether oxygens (including phenoxy) is 1. The molecule has 0 aliphatic carbocycles. The summed E-state index contributed by atoms with van der Waals surface area (Å²) in [6.07, 6.45) is -1.74. The number of hydrogen-bond donors (Lipinski definition) is 3. The van der Waals surface area contributed by atoms with Gasteiger partial charge < -0.3 is 20.9 Å². The molecule has 1 unspecified atom stereocenters. The maximum absolute atomic E-state index is 13.2. The minimum atomic E-state index is -4.44. The van der Waals surface area contributed by atoms with Gasteiger partial charge in [0.25, 0.3) is 5.91 Å². The van der Waals surface area contributed by atoms with E-state index in [9.17, 15) is 27.9 Å². The van der Waals surface area contributed by atoms with Crippen molar-refractivity contribution in [3.63, 3.8) is 0 Å². The zero-order valence-corrected chi connectivity index (χ0v) is 22.4. The lowest BCUT2D eigenvalue weighted by molar-refractivity contribution is -0.146. The number of carboxylic acids is 1. The van der Waals surface area contributed by atoms with Crippen LogP contribution in [0, 0.1) is 0 Å². The van der Waals surface area contributed by atoms with E-state index in [1.165, 1.54) is 12.1 Å². The number of amides is 2. The molecule has 2 atom stereocenters. The quantitative estimate of drug-likeness (QED) is 0.290. The molecular weight excluding hydrogens is 545 g/mol. The highest BCUT2D eigenvalue weighted by Crippen LogP contribution is 2.35. The van der Waals surface area contributed by atoms with Gasteiger partial charge in [0.05, 0.1) is 0 Å². The molecular formula is C24H29Cl2N3O7S. The summed E-state index contributed by atoms with van der Waals surface area (Å²) in [7, 11) is -4.44. The van der Waals surface area contributed by atoms with Gasteiger partial charge in [0.2, 0.25) is 4.87 Å². The molecule has 0 aliphatic rings. The number of halogens is 2. The summed E-state index contributed by atoms with van der Waals surface area (Å²) in [6.45, 7) is -0.306. The maximum Gasteiger partial charge on any atom is 0.413 e. The normalized spacial score (nSPS) is 14.8. The molecule has 37 heavy (non-hydrogen) atoms. The molecule has 2 amide bonds. The van der Waals surface area contributed by atoms with Crippen LogP contribution in [0.15, 0.2) is 60.7 Å². The SMILES string of the molecule is CS(=O)(=O)C(C[C@](Cc1ccccc1)(NC(=O)Oc1ccccc1)C(=O)O)(C(N)=O)N(CCCl)CCCl. The van der Waals surface area contributed by atoms with Gasteiger partial charge in [0, 0.05) is 43.9 Å². The van der Waals surface area contributed by atoms with Gasteiger partial charge in [-0.15, -0.1) is 23.2 Å². The van der Waals surface area contributed by atoms with Crippen molar-refractivity contribution in [3.05, 3.63) is 66.2 Å². The van der Waals surface area contributed by atoms with E-state index in [0.29, 0.717) is 5.56 Å². The average molecular weight is 574 g/mol. The number of sulfone groups is 1. The van der Waals surface area contributed by atoms with Gasteiger partial charge in [-0.05, 0) is 17.7 Å². The van der Waals surface area contributed by atoms with Crippen molar-refractivity contribution in [1.29, 1.82) is 0 Å². The van der Waals surface area contributed by atoms with Crippen molar-refractivity contribution in [2.24, 2.45) is 5.73 Å². The van der Waals surface area contributed by atoms with Crippen LogP contribution in [-0.2, 0) is 25.8 Å². The lowest BCUT2D eigenvalue weighted by Crippen LogP contribution is -2.70. The van der Waals surface area contributed by atoms with Crippen LogP contribution in [0.2, 0.25) is 0 Å². The van der Waals surface area contributed by atoms with Crippen LogP contribution in [-0.4, -0.2) is 77.9 Å². The Balaban J connectivity index is 2.71. The van der Waals surface area contributed by atoms with Gasteiger partial charge in [-0.25, -0.2) is 18.0 Å². The number of nitrogens with one attached hydrogen (secondary N) is 1. The van der Waals surface area contributed by atoms with Crippen LogP contribution in [0.3, 0.4) is 0 Å². The molecule has 0 aromatic heterocycles. The number of benzene rings is 2. The van der Waals surface area contributed by atoms with Crippen LogP contribution in [0.25, 0.3) is 0 Å². The van der Waals surface area contributed by atoms with Gasteiger partial charge in [-0.1, -0.05) is 48.5 Å². The van der Waals surface area contributed by atoms with E-state index in [1.807, 2.05) is 0 Å². The lowest BCUT2D eigenvalue weighted by atomic mass is 9.83. The number of hydrogen-bond acceptors (Lipinski definition) is 7. The highest BCUT2D eigenvalue weighted by atomic mass is 35.5. The third kappa shape index (κ3) is 7.35. The first kappa shape index (κ1) is 30.4. The molecule has 2 aromatic carbocycles. The summed E-state index contributed by atoms with van der Waals surface area (Å²) in [5, 5.41) is 12.8. The molecule has 2 aromatic rings. The number of para-hydroxylation sites is 1. The Bertz CT molecular complexity index is 1180. The third-order valence-electron chi connectivity index (χ3n) is 5.81. The fraction of sp³-hybridized carbons (Fsp3) is 0.375. The monoisotopic (exact) mass is 573 g/mol. The Morgan fingerprint density at radius 1 is 1.00 bits per heavy atom. The summed E-state index contributed by atoms with van der Waals surface area (Å²) in [5.41, 5.74) is 3.78. The smallest absolute Gasteiger partial charge is 0.413 e. The molecule has 202 valence electrons. The van der Waals surface area contributed by atoms with Crippen molar-refractivity contribution >= 4 is 51.0 Å². The Hall–Kier alpha value is -2.86. The second kappa shape index (κ2) is 13.1. The van der Waals surface area contributed by atoms with Crippen LogP contribution in [0.4, 0.5) is 4.79 Å². The average Bonchev–Trinajstić information content (AvgIpc) is 2.82. The summed E-state index contributed by atoms with van der Waals surface area (Å²) in [6, 6.07) is 16.1. The highest BCUT2D eigenvalue weighted by molar-refractivity contribution is 7.92. The van der Waals surface area contributed by atoms with Crippen molar-refractivity contribution in [2.45, 2.75) is 23.3 Å². The lowest BCUT2D eigenvalue weighted by Gasteiger charge is -2.44. The number of primary amides is 1. The predicted molar refractivity (Wildman–Crippen MR) is 141 cm³/mol. The Kier molecular flexibility index (Phi) is 10.7. The van der Waals surface area contributed by atoms with Gasteiger partial charge in [-0.2, -0.15) is 0 Å². The largest absolute Gasteiger partial charge is 0.479 e. The second-order valence-corrected chi connectivity index (χ2v) is 11.3. The zero-order chi connectivity index (χ0) is 27.7. The van der Waals surface area contributed by atoms with E-state index in [4.69, 9.17) is 33.7 Å². The van der Waals surface area contributed by atoms with E-state index in [1.54, 1.807) is 48.5 Å². The zero-order valence-electron chi connectivity index (χ0n) is 20.1. The predicted octanol–water partition coefficient (Wildman–Crippen LogP) is 2.24. The number of alkyl halides is 2. The molecule has 0 aliphatic heterocycles. The molecule has 0 saturated heterocycles. The molecule has 2 rings (SSSR count). The van der Waals surface area contributed by atoms with Crippen molar-refractivity contribution in [3.8, 4) is 5.75 Å².